The molecule has 102 valence electrons. The van der Waals surface area contributed by atoms with Crippen molar-refractivity contribution in [2.24, 2.45) is 23.7 Å². The molecule has 0 aromatic carbocycles. The van der Waals surface area contributed by atoms with Crippen molar-refractivity contribution in [3.63, 3.8) is 0 Å². The summed E-state index contributed by atoms with van der Waals surface area (Å²) in [6, 6.07) is 0. The van der Waals surface area contributed by atoms with Crippen LogP contribution in [0, 0.1) is 23.7 Å². The van der Waals surface area contributed by atoms with E-state index in [2.05, 4.69) is 69.2 Å². The standard InChI is InChI=1S/C16H35B/c1-11(2)13(5)15(7,8)17-16(9,10)14(6)12(3)4/h11-14,17H,1-10H3. The van der Waals surface area contributed by atoms with Gasteiger partial charge in [0.1, 0.15) is 7.28 Å². The Morgan fingerprint density at radius 1 is 0.588 bits per heavy atom. The van der Waals surface area contributed by atoms with Crippen LogP contribution in [-0.4, -0.2) is 7.28 Å². The zero-order valence-electron chi connectivity index (χ0n) is 14.0. The van der Waals surface area contributed by atoms with Crippen LogP contribution < -0.4 is 0 Å². The minimum Gasteiger partial charge on any atom is -0.0665 e. The Labute approximate surface area is 111 Å². The first-order valence-corrected chi connectivity index (χ1v) is 7.42. The summed E-state index contributed by atoms with van der Waals surface area (Å²) in [5.41, 5.74) is 0. The second-order valence-electron chi connectivity index (χ2n) is 8.22. The quantitative estimate of drug-likeness (QED) is 0.543. The van der Waals surface area contributed by atoms with Gasteiger partial charge >= 0.3 is 0 Å². The molecule has 0 aliphatic carbocycles. The summed E-state index contributed by atoms with van der Waals surface area (Å²) < 4.78 is 0. The first-order valence-electron chi connectivity index (χ1n) is 7.42. The number of rotatable bonds is 6. The highest BCUT2D eigenvalue weighted by atomic mass is 14.3. The predicted molar refractivity (Wildman–Crippen MR) is 83.2 cm³/mol. The highest BCUT2D eigenvalue weighted by Crippen LogP contribution is 2.48. The van der Waals surface area contributed by atoms with E-state index < -0.39 is 0 Å². The third kappa shape index (κ3) is 4.68. The molecule has 0 bridgehead atoms. The van der Waals surface area contributed by atoms with Crippen LogP contribution in [0.5, 0.6) is 0 Å². The third-order valence-electron chi connectivity index (χ3n) is 5.38. The van der Waals surface area contributed by atoms with Crippen molar-refractivity contribution >= 4 is 7.28 Å². The fourth-order valence-corrected chi connectivity index (χ4v) is 3.30. The van der Waals surface area contributed by atoms with Crippen molar-refractivity contribution in [3.05, 3.63) is 0 Å². The molecule has 0 saturated carbocycles. The minimum absolute atomic E-state index is 0.431. The average molecular weight is 238 g/mol. The zero-order chi connectivity index (χ0) is 14.0. The van der Waals surface area contributed by atoms with Crippen LogP contribution in [0.1, 0.15) is 69.2 Å². The number of hydrogen-bond donors (Lipinski definition) is 0. The van der Waals surface area contributed by atoms with Crippen molar-refractivity contribution < 1.29 is 0 Å². The minimum atomic E-state index is 0.431. The lowest BCUT2D eigenvalue weighted by Gasteiger charge is -2.43. The molecule has 0 aliphatic heterocycles. The lowest BCUT2D eigenvalue weighted by molar-refractivity contribution is 0.292. The molecule has 0 spiro atoms. The van der Waals surface area contributed by atoms with E-state index in [4.69, 9.17) is 0 Å². The van der Waals surface area contributed by atoms with Gasteiger partial charge in [-0.05, 0) is 23.7 Å². The van der Waals surface area contributed by atoms with E-state index in [0.717, 1.165) is 23.7 Å². The van der Waals surface area contributed by atoms with Gasteiger partial charge in [-0.15, -0.1) is 0 Å². The Morgan fingerprint density at radius 2 is 0.824 bits per heavy atom. The third-order valence-corrected chi connectivity index (χ3v) is 5.38. The molecule has 0 aromatic heterocycles. The maximum absolute atomic E-state index is 2.45. The Bertz CT molecular complexity index is 202. The van der Waals surface area contributed by atoms with E-state index in [1.54, 1.807) is 0 Å². The molecule has 0 aromatic rings. The van der Waals surface area contributed by atoms with Gasteiger partial charge in [0.25, 0.3) is 0 Å². The normalized spacial score (nSPS) is 17.4. The molecule has 0 aliphatic rings. The highest BCUT2D eigenvalue weighted by molar-refractivity contribution is 6.44. The van der Waals surface area contributed by atoms with E-state index >= 15 is 0 Å². The fraction of sp³-hybridized carbons (Fsp3) is 1.00. The molecule has 0 rings (SSSR count). The average Bonchev–Trinajstić information content (AvgIpc) is 2.13. The molecule has 0 radical (unpaired) electrons. The maximum Gasteiger partial charge on any atom is 0.134 e. The Kier molecular flexibility index (Phi) is 5.83. The molecule has 2 unspecified atom stereocenters. The van der Waals surface area contributed by atoms with Crippen LogP contribution in [0.25, 0.3) is 0 Å². The van der Waals surface area contributed by atoms with Crippen molar-refractivity contribution in [1.29, 1.82) is 0 Å². The van der Waals surface area contributed by atoms with Gasteiger partial charge in [0.05, 0.1) is 0 Å². The smallest absolute Gasteiger partial charge is 0.0665 e. The fourth-order valence-electron chi connectivity index (χ4n) is 3.30. The SMILES string of the molecule is CC(C)C(C)C(C)(C)BC(C)(C)C(C)C(C)C. The first kappa shape index (κ1) is 17.1. The molecular formula is C16H35B. The summed E-state index contributed by atoms with van der Waals surface area (Å²) in [4.78, 5) is 0. The molecular weight excluding hydrogens is 203 g/mol. The van der Waals surface area contributed by atoms with E-state index in [9.17, 15) is 0 Å². The Morgan fingerprint density at radius 3 is 1.00 bits per heavy atom. The molecule has 0 saturated heterocycles. The Hall–Kier alpha value is 0.0649. The Balaban J connectivity index is 4.81. The van der Waals surface area contributed by atoms with E-state index in [0.29, 0.717) is 10.6 Å². The first-order chi connectivity index (χ1) is 7.42. The van der Waals surface area contributed by atoms with Crippen molar-refractivity contribution in [1.82, 2.24) is 0 Å². The molecule has 0 nitrogen and oxygen atoms in total. The maximum atomic E-state index is 2.45. The van der Waals surface area contributed by atoms with Gasteiger partial charge < -0.3 is 0 Å². The predicted octanol–water partition coefficient (Wildman–Crippen LogP) is 5.40. The molecule has 0 fully saturated rings. The van der Waals surface area contributed by atoms with Gasteiger partial charge in [0.2, 0.25) is 0 Å². The molecule has 0 amide bonds. The second-order valence-corrected chi connectivity index (χ2v) is 8.22. The van der Waals surface area contributed by atoms with Gasteiger partial charge in [0, 0.05) is 0 Å². The summed E-state index contributed by atoms with van der Waals surface area (Å²) in [6.45, 7) is 24.0. The van der Waals surface area contributed by atoms with Crippen LogP contribution >= 0.6 is 0 Å². The van der Waals surface area contributed by atoms with E-state index in [1.165, 1.54) is 7.28 Å². The van der Waals surface area contributed by atoms with Gasteiger partial charge in [-0.3, -0.25) is 0 Å². The largest absolute Gasteiger partial charge is 0.134 e. The molecule has 0 heterocycles. The van der Waals surface area contributed by atoms with Gasteiger partial charge in [-0.2, -0.15) is 0 Å². The summed E-state index contributed by atoms with van der Waals surface area (Å²) in [6.07, 6.45) is 0. The second kappa shape index (κ2) is 5.80. The van der Waals surface area contributed by atoms with Crippen LogP contribution in [-0.2, 0) is 0 Å². The van der Waals surface area contributed by atoms with Crippen molar-refractivity contribution in [2.45, 2.75) is 79.9 Å². The molecule has 0 N–H and O–H groups in total. The summed E-state index contributed by atoms with van der Waals surface area (Å²) in [7, 11) is 1.32. The van der Waals surface area contributed by atoms with Crippen LogP contribution in [0.15, 0.2) is 0 Å². The molecule has 1 heteroatoms. The topological polar surface area (TPSA) is 0 Å². The van der Waals surface area contributed by atoms with E-state index in [-0.39, 0.29) is 0 Å². The van der Waals surface area contributed by atoms with Gasteiger partial charge in [-0.1, -0.05) is 79.9 Å². The lowest BCUT2D eigenvalue weighted by Crippen LogP contribution is -2.36. The molecule has 17 heavy (non-hydrogen) atoms. The summed E-state index contributed by atoms with van der Waals surface area (Å²) in [5, 5.41) is 0.863. The zero-order valence-corrected chi connectivity index (χ0v) is 14.0. The van der Waals surface area contributed by atoms with Crippen molar-refractivity contribution in [3.8, 4) is 0 Å². The molecule has 2 atom stereocenters. The van der Waals surface area contributed by atoms with E-state index in [1.807, 2.05) is 0 Å². The summed E-state index contributed by atoms with van der Waals surface area (Å²) in [5.74, 6) is 3.10. The summed E-state index contributed by atoms with van der Waals surface area (Å²) >= 11 is 0. The number of hydrogen-bond acceptors (Lipinski definition) is 0. The van der Waals surface area contributed by atoms with Gasteiger partial charge in [0.15, 0.2) is 0 Å². The lowest BCUT2D eigenvalue weighted by atomic mass is 9.34. The van der Waals surface area contributed by atoms with Crippen LogP contribution in [0.3, 0.4) is 0 Å². The van der Waals surface area contributed by atoms with Crippen LogP contribution in [0.2, 0.25) is 10.6 Å². The van der Waals surface area contributed by atoms with Crippen LogP contribution in [0.4, 0.5) is 0 Å². The monoisotopic (exact) mass is 238 g/mol. The van der Waals surface area contributed by atoms with Gasteiger partial charge in [-0.25, -0.2) is 0 Å². The highest BCUT2D eigenvalue weighted by Gasteiger charge is 2.39. The van der Waals surface area contributed by atoms with Crippen molar-refractivity contribution in [2.75, 3.05) is 0 Å².